The minimum absolute atomic E-state index is 0.0177. The molecule has 5 heteroatoms. The molecule has 0 radical (unpaired) electrons. The molecule has 0 saturated carbocycles. The minimum atomic E-state index is -1.11. The van der Waals surface area contributed by atoms with E-state index in [2.05, 4.69) is 0 Å². The number of hydrogen-bond acceptors (Lipinski definition) is 3. The zero-order valence-electron chi connectivity index (χ0n) is 10.00. The van der Waals surface area contributed by atoms with E-state index in [4.69, 9.17) is 9.52 Å². The number of para-hydroxylation sites is 1. The Morgan fingerprint density at radius 3 is 2.79 bits per heavy atom. The summed E-state index contributed by atoms with van der Waals surface area (Å²) in [5.74, 6) is -1.36. The number of nitrogens with zero attached hydrogens (tertiary/aromatic N) is 1. The summed E-state index contributed by atoms with van der Waals surface area (Å²) in [6, 6.07) is 8.91. The van der Waals surface area contributed by atoms with Crippen molar-refractivity contribution >= 4 is 17.6 Å². The van der Waals surface area contributed by atoms with Crippen molar-refractivity contribution in [1.82, 2.24) is 0 Å². The summed E-state index contributed by atoms with van der Waals surface area (Å²) in [6.45, 7) is 0.585. The molecule has 0 fully saturated rings. The molecule has 19 heavy (non-hydrogen) atoms. The third-order valence-corrected chi connectivity index (χ3v) is 3.19. The van der Waals surface area contributed by atoms with E-state index < -0.39 is 5.97 Å². The highest BCUT2D eigenvalue weighted by molar-refractivity contribution is 6.06. The first-order valence-corrected chi connectivity index (χ1v) is 5.88. The molecule has 0 spiro atoms. The van der Waals surface area contributed by atoms with Crippen molar-refractivity contribution in [1.29, 1.82) is 0 Å². The van der Waals surface area contributed by atoms with Gasteiger partial charge < -0.3 is 14.4 Å². The lowest BCUT2D eigenvalue weighted by Gasteiger charge is -2.15. The Bertz CT molecular complexity index is 659. The fraction of sp³-hybridized carbons (Fsp3) is 0.143. The molecule has 1 aromatic carbocycles. The minimum Gasteiger partial charge on any atom is -0.478 e. The van der Waals surface area contributed by atoms with Gasteiger partial charge in [-0.05, 0) is 18.1 Å². The maximum Gasteiger partial charge on any atom is 0.338 e. The van der Waals surface area contributed by atoms with E-state index in [0.717, 1.165) is 23.9 Å². The third kappa shape index (κ3) is 1.89. The summed E-state index contributed by atoms with van der Waals surface area (Å²) in [6.07, 6.45) is 1.88. The number of carbonyl (C=O) groups excluding carboxylic acids is 1. The van der Waals surface area contributed by atoms with Crippen LogP contribution in [0.25, 0.3) is 0 Å². The molecule has 0 atom stereocenters. The van der Waals surface area contributed by atoms with Crippen molar-refractivity contribution < 1.29 is 19.1 Å². The lowest BCUT2D eigenvalue weighted by atomic mass is 10.2. The van der Waals surface area contributed by atoms with Gasteiger partial charge in [-0.1, -0.05) is 18.2 Å². The molecule has 5 nitrogen and oxygen atoms in total. The number of anilines is 1. The fourth-order valence-electron chi connectivity index (χ4n) is 2.24. The van der Waals surface area contributed by atoms with Crippen molar-refractivity contribution in [2.24, 2.45) is 0 Å². The second-order valence-corrected chi connectivity index (χ2v) is 4.34. The molecule has 2 heterocycles. The van der Waals surface area contributed by atoms with Gasteiger partial charge in [0.1, 0.15) is 6.26 Å². The maximum atomic E-state index is 12.3. The molecule has 0 aliphatic carbocycles. The van der Waals surface area contributed by atoms with Gasteiger partial charge in [0.05, 0.1) is 5.56 Å². The Morgan fingerprint density at radius 2 is 2.05 bits per heavy atom. The van der Waals surface area contributed by atoms with Crippen LogP contribution in [0, 0.1) is 0 Å². The lowest BCUT2D eigenvalue weighted by molar-refractivity contribution is 0.0696. The first kappa shape index (κ1) is 11.5. The van der Waals surface area contributed by atoms with E-state index in [9.17, 15) is 9.59 Å². The number of carbonyl (C=O) groups is 2. The first-order chi connectivity index (χ1) is 9.16. The summed E-state index contributed by atoms with van der Waals surface area (Å²) < 4.78 is 5.04. The molecule has 1 aliphatic heterocycles. The Balaban J connectivity index is 1.91. The first-order valence-electron chi connectivity index (χ1n) is 5.88. The second kappa shape index (κ2) is 4.28. The van der Waals surface area contributed by atoms with E-state index in [1.54, 1.807) is 4.90 Å². The van der Waals surface area contributed by atoms with Gasteiger partial charge in [-0.3, -0.25) is 4.79 Å². The van der Waals surface area contributed by atoms with Gasteiger partial charge in [0.25, 0.3) is 5.91 Å². The van der Waals surface area contributed by atoms with E-state index in [-0.39, 0.29) is 17.2 Å². The number of amides is 1. The fourth-order valence-corrected chi connectivity index (χ4v) is 2.24. The average Bonchev–Trinajstić information content (AvgIpc) is 3.05. The monoisotopic (exact) mass is 257 g/mol. The normalized spacial score (nSPS) is 13.4. The van der Waals surface area contributed by atoms with Gasteiger partial charge >= 0.3 is 5.97 Å². The summed E-state index contributed by atoms with van der Waals surface area (Å²) in [4.78, 5) is 24.7. The van der Waals surface area contributed by atoms with Gasteiger partial charge in [-0.15, -0.1) is 0 Å². The number of carboxylic acids is 1. The molecule has 1 N–H and O–H groups in total. The molecule has 0 saturated heterocycles. The predicted molar refractivity (Wildman–Crippen MR) is 67.5 cm³/mol. The third-order valence-electron chi connectivity index (χ3n) is 3.19. The largest absolute Gasteiger partial charge is 0.478 e. The van der Waals surface area contributed by atoms with Gasteiger partial charge in [0.2, 0.25) is 0 Å². The number of benzene rings is 1. The number of furan rings is 1. The average molecular weight is 257 g/mol. The highest BCUT2D eigenvalue weighted by Crippen LogP contribution is 2.29. The molecule has 1 aromatic heterocycles. The Kier molecular flexibility index (Phi) is 2.59. The Labute approximate surface area is 109 Å². The summed E-state index contributed by atoms with van der Waals surface area (Å²) >= 11 is 0. The van der Waals surface area contributed by atoms with Crippen LogP contribution >= 0.6 is 0 Å². The molecule has 1 aliphatic rings. The van der Waals surface area contributed by atoms with Crippen molar-refractivity contribution in [3.05, 3.63) is 53.5 Å². The highest BCUT2D eigenvalue weighted by atomic mass is 16.4. The molecule has 96 valence electrons. The number of carboxylic acid groups (broad SMARTS) is 1. The van der Waals surface area contributed by atoms with Crippen LogP contribution in [-0.4, -0.2) is 23.5 Å². The van der Waals surface area contributed by atoms with Gasteiger partial charge in [-0.25, -0.2) is 4.79 Å². The Hall–Kier alpha value is -2.56. The van der Waals surface area contributed by atoms with E-state index in [1.165, 1.54) is 6.07 Å². The zero-order chi connectivity index (χ0) is 13.4. The molecule has 2 aromatic rings. The van der Waals surface area contributed by atoms with Crippen LogP contribution in [-0.2, 0) is 6.42 Å². The quantitative estimate of drug-likeness (QED) is 0.895. The molecular formula is C14H11NO4. The van der Waals surface area contributed by atoms with Gasteiger partial charge in [0.15, 0.2) is 5.76 Å². The standard InChI is InChI=1S/C14H11NO4/c16-13(12-7-10(8-19-12)14(17)18)15-6-5-9-3-1-2-4-11(9)15/h1-4,7-8H,5-6H2,(H,17,18). The highest BCUT2D eigenvalue weighted by Gasteiger charge is 2.27. The maximum absolute atomic E-state index is 12.3. The molecule has 3 rings (SSSR count). The molecule has 1 amide bonds. The summed E-state index contributed by atoms with van der Waals surface area (Å²) in [5.41, 5.74) is 1.96. The molecular weight excluding hydrogens is 246 g/mol. The zero-order valence-corrected chi connectivity index (χ0v) is 10.00. The number of rotatable bonds is 2. The van der Waals surface area contributed by atoms with Crippen LogP contribution in [0.2, 0.25) is 0 Å². The van der Waals surface area contributed by atoms with Crippen molar-refractivity contribution in [3.63, 3.8) is 0 Å². The van der Waals surface area contributed by atoms with Crippen molar-refractivity contribution in [3.8, 4) is 0 Å². The summed E-state index contributed by atoms with van der Waals surface area (Å²) in [7, 11) is 0. The van der Waals surface area contributed by atoms with Crippen LogP contribution in [0.4, 0.5) is 5.69 Å². The van der Waals surface area contributed by atoms with E-state index >= 15 is 0 Å². The van der Waals surface area contributed by atoms with Crippen LogP contribution < -0.4 is 4.90 Å². The number of aromatic carboxylic acids is 1. The van der Waals surface area contributed by atoms with E-state index in [0.29, 0.717) is 6.54 Å². The molecule has 0 bridgehead atoms. The predicted octanol–water partition coefficient (Wildman–Crippen LogP) is 2.18. The van der Waals surface area contributed by atoms with Crippen LogP contribution in [0.1, 0.15) is 26.5 Å². The Morgan fingerprint density at radius 1 is 1.26 bits per heavy atom. The SMILES string of the molecule is O=C(O)c1coc(C(=O)N2CCc3ccccc32)c1. The van der Waals surface area contributed by atoms with Crippen LogP contribution in [0.15, 0.2) is 41.0 Å². The van der Waals surface area contributed by atoms with Crippen LogP contribution in [0.3, 0.4) is 0 Å². The van der Waals surface area contributed by atoms with E-state index in [1.807, 2.05) is 24.3 Å². The summed E-state index contributed by atoms with van der Waals surface area (Å²) in [5, 5.41) is 8.82. The topological polar surface area (TPSA) is 70.7 Å². The molecule has 0 unspecified atom stereocenters. The number of hydrogen-bond donors (Lipinski definition) is 1. The lowest BCUT2D eigenvalue weighted by Crippen LogP contribution is -2.28. The second-order valence-electron chi connectivity index (χ2n) is 4.34. The van der Waals surface area contributed by atoms with Crippen molar-refractivity contribution in [2.75, 3.05) is 11.4 Å². The van der Waals surface area contributed by atoms with Gasteiger partial charge in [0, 0.05) is 18.3 Å². The van der Waals surface area contributed by atoms with Gasteiger partial charge in [-0.2, -0.15) is 0 Å². The smallest absolute Gasteiger partial charge is 0.338 e. The number of fused-ring (bicyclic) bond motifs is 1. The van der Waals surface area contributed by atoms with Crippen molar-refractivity contribution in [2.45, 2.75) is 6.42 Å². The van der Waals surface area contributed by atoms with Crippen LogP contribution in [0.5, 0.6) is 0 Å².